The van der Waals surface area contributed by atoms with Gasteiger partial charge in [0.25, 0.3) is 0 Å². The lowest BCUT2D eigenvalue weighted by atomic mass is 10.2. The number of anilines is 1. The molecule has 0 saturated heterocycles. The third-order valence-corrected chi connectivity index (χ3v) is 2.86. The molecule has 0 aliphatic carbocycles. The van der Waals surface area contributed by atoms with E-state index in [4.69, 9.17) is 10.00 Å². The SMILES string of the molecule is Cc1ccc(OCC(C)Nc2cnccc2C#N)cc1. The monoisotopic (exact) mass is 267 g/mol. The number of nitriles is 1. The summed E-state index contributed by atoms with van der Waals surface area (Å²) < 4.78 is 5.70. The highest BCUT2D eigenvalue weighted by molar-refractivity contribution is 5.55. The summed E-state index contributed by atoms with van der Waals surface area (Å²) in [6.07, 6.45) is 3.26. The lowest BCUT2D eigenvalue weighted by Gasteiger charge is -2.16. The third kappa shape index (κ3) is 3.72. The van der Waals surface area contributed by atoms with Gasteiger partial charge in [-0.05, 0) is 32.0 Å². The van der Waals surface area contributed by atoms with Crippen LogP contribution < -0.4 is 10.1 Å². The molecule has 20 heavy (non-hydrogen) atoms. The lowest BCUT2D eigenvalue weighted by molar-refractivity contribution is 0.304. The Morgan fingerprint density at radius 3 is 2.75 bits per heavy atom. The fraction of sp³-hybridized carbons (Fsp3) is 0.250. The van der Waals surface area contributed by atoms with Crippen molar-refractivity contribution >= 4 is 5.69 Å². The van der Waals surface area contributed by atoms with Gasteiger partial charge in [-0.2, -0.15) is 5.26 Å². The van der Waals surface area contributed by atoms with Crippen molar-refractivity contribution in [3.8, 4) is 11.8 Å². The molecule has 1 aromatic heterocycles. The molecule has 4 heteroatoms. The van der Waals surface area contributed by atoms with Crippen LogP contribution >= 0.6 is 0 Å². The summed E-state index contributed by atoms with van der Waals surface area (Å²) in [4.78, 5) is 4.02. The Kier molecular flexibility index (Phi) is 4.56. The summed E-state index contributed by atoms with van der Waals surface area (Å²) >= 11 is 0. The summed E-state index contributed by atoms with van der Waals surface area (Å²) in [6.45, 7) is 4.56. The van der Waals surface area contributed by atoms with Gasteiger partial charge in [0.15, 0.2) is 0 Å². The molecule has 0 spiro atoms. The number of nitrogens with zero attached hydrogens (tertiary/aromatic N) is 2. The molecule has 0 aliphatic rings. The first-order valence-corrected chi connectivity index (χ1v) is 6.49. The van der Waals surface area contributed by atoms with Gasteiger partial charge < -0.3 is 10.1 Å². The molecule has 1 N–H and O–H groups in total. The number of pyridine rings is 1. The minimum atomic E-state index is 0.0765. The summed E-state index contributed by atoms with van der Waals surface area (Å²) in [5.74, 6) is 0.843. The Bertz CT molecular complexity index is 602. The molecular weight excluding hydrogens is 250 g/mol. The zero-order valence-electron chi connectivity index (χ0n) is 11.6. The van der Waals surface area contributed by atoms with E-state index >= 15 is 0 Å². The zero-order valence-corrected chi connectivity index (χ0v) is 11.6. The Hall–Kier alpha value is -2.54. The smallest absolute Gasteiger partial charge is 0.119 e. The van der Waals surface area contributed by atoms with Crippen LogP contribution in [0, 0.1) is 18.3 Å². The molecule has 2 rings (SSSR count). The van der Waals surface area contributed by atoms with E-state index in [1.165, 1.54) is 5.56 Å². The molecule has 0 bridgehead atoms. The Morgan fingerprint density at radius 2 is 2.05 bits per heavy atom. The molecule has 1 atom stereocenters. The molecule has 0 amide bonds. The lowest BCUT2D eigenvalue weighted by Crippen LogP contribution is -2.24. The molecule has 0 aliphatic heterocycles. The summed E-state index contributed by atoms with van der Waals surface area (Å²) in [5, 5.41) is 12.2. The quantitative estimate of drug-likeness (QED) is 0.904. The number of aromatic nitrogens is 1. The first-order chi connectivity index (χ1) is 9.69. The Balaban J connectivity index is 1.91. The number of hydrogen-bond donors (Lipinski definition) is 1. The van der Waals surface area contributed by atoms with Crippen molar-refractivity contribution in [3.63, 3.8) is 0 Å². The van der Waals surface area contributed by atoms with Gasteiger partial charge in [-0.1, -0.05) is 17.7 Å². The van der Waals surface area contributed by atoms with Crippen LogP contribution in [0.15, 0.2) is 42.7 Å². The predicted molar refractivity (Wildman–Crippen MR) is 78.7 cm³/mol. The van der Waals surface area contributed by atoms with Crippen molar-refractivity contribution in [1.82, 2.24) is 4.98 Å². The van der Waals surface area contributed by atoms with Gasteiger partial charge in [0, 0.05) is 6.20 Å². The fourth-order valence-corrected chi connectivity index (χ4v) is 1.77. The van der Waals surface area contributed by atoms with E-state index in [1.807, 2.05) is 38.1 Å². The molecule has 1 heterocycles. The number of hydrogen-bond acceptors (Lipinski definition) is 4. The predicted octanol–water partition coefficient (Wildman–Crippen LogP) is 3.14. The van der Waals surface area contributed by atoms with Gasteiger partial charge in [-0.3, -0.25) is 4.98 Å². The standard InChI is InChI=1S/C16H17N3O/c1-12-3-5-15(6-4-12)20-11-13(2)19-16-10-18-8-7-14(16)9-17/h3-8,10,13,19H,11H2,1-2H3. The second-order valence-corrected chi connectivity index (χ2v) is 4.70. The molecule has 0 saturated carbocycles. The number of ether oxygens (including phenoxy) is 1. The molecule has 0 fully saturated rings. The van der Waals surface area contributed by atoms with Crippen LogP contribution in [0.25, 0.3) is 0 Å². The van der Waals surface area contributed by atoms with Gasteiger partial charge in [0.2, 0.25) is 0 Å². The summed E-state index contributed by atoms with van der Waals surface area (Å²) in [5.41, 5.74) is 2.52. The molecule has 0 radical (unpaired) electrons. The van der Waals surface area contributed by atoms with E-state index in [0.717, 1.165) is 11.4 Å². The van der Waals surface area contributed by atoms with Crippen LogP contribution in [0.3, 0.4) is 0 Å². The Morgan fingerprint density at radius 1 is 1.30 bits per heavy atom. The van der Waals surface area contributed by atoms with Crippen molar-refractivity contribution in [1.29, 1.82) is 5.26 Å². The fourth-order valence-electron chi connectivity index (χ4n) is 1.77. The van der Waals surface area contributed by atoms with Crippen LogP contribution in [0.1, 0.15) is 18.1 Å². The van der Waals surface area contributed by atoms with Gasteiger partial charge >= 0.3 is 0 Å². The van der Waals surface area contributed by atoms with Gasteiger partial charge in [-0.25, -0.2) is 0 Å². The van der Waals surface area contributed by atoms with Crippen molar-refractivity contribution in [2.75, 3.05) is 11.9 Å². The van der Waals surface area contributed by atoms with Crippen molar-refractivity contribution in [2.24, 2.45) is 0 Å². The van der Waals surface area contributed by atoms with Crippen LogP contribution in [0.2, 0.25) is 0 Å². The topological polar surface area (TPSA) is 57.9 Å². The zero-order chi connectivity index (χ0) is 14.4. The van der Waals surface area contributed by atoms with Gasteiger partial charge in [-0.15, -0.1) is 0 Å². The average molecular weight is 267 g/mol. The first kappa shape index (κ1) is 13.9. The van der Waals surface area contributed by atoms with Crippen LogP contribution in [0.4, 0.5) is 5.69 Å². The highest BCUT2D eigenvalue weighted by Gasteiger charge is 2.07. The number of rotatable bonds is 5. The average Bonchev–Trinajstić information content (AvgIpc) is 2.47. The summed E-state index contributed by atoms with van der Waals surface area (Å²) in [7, 11) is 0. The maximum Gasteiger partial charge on any atom is 0.119 e. The molecule has 4 nitrogen and oxygen atoms in total. The first-order valence-electron chi connectivity index (χ1n) is 6.49. The largest absolute Gasteiger partial charge is 0.491 e. The second-order valence-electron chi connectivity index (χ2n) is 4.70. The number of aryl methyl sites for hydroxylation is 1. The van der Waals surface area contributed by atoms with E-state index in [0.29, 0.717) is 12.2 Å². The van der Waals surface area contributed by atoms with E-state index < -0.39 is 0 Å². The second kappa shape index (κ2) is 6.58. The van der Waals surface area contributed by atoms with Crippen LogP contribution in [-0.4, -0.2) is 17.6 Å². The van der Waals surface area contributed by atoms with E-state index in [-0.39, 0.29) is 6.04 Å². The van der Waals surface area contributed by atoms with E-state index in [2.05, 4.69) is 16.4 Å². The van der Waals surface area contributed by atoms with Gasteiger partial charge in [0.1, 0.15) is 18.4 Å². The summed E-state index contributed by atoms with van der Waals surface area (Å²) in [6, 6.07) is 11.8. The van der Waals surface area contributed by atoms with E-state index in [9.17, 15) is 0 Å². The van der Waals surface area contributed by atoms with Crippen LogP contribution in [-0.2, 0) is 0 Å². The highest BCUT2D eigenvalue weighted by atomic mass is 16.5. The normalized spacial score (nSPS) is 11.4. The minimum absolute atomic E-state index is 0.0765. The third-order valence-electron chi connectivity index (χ3n) is 2.86. The molecule has 1 aromatic carbocycles. The maximum atomic E-state index is 9.02. The molecule has 102 valence electrons. The Labute approximate surface area is 119 Å². The highest BCUT2D eigenvalue weighted by Crippen LogP contribution is 2.15. The number of benzene rings is 1. The van der Waals surface area contributed by atoms with Crippen molar-refractivity contribution in [3.05, 3.63) is 53.9 Å². The van der Waals surface area contributed by atoms with E-state index in [1.54, 1.807) is 18.5 Å². The van der Waals surface area contributed by atoms with Gasteiger partial charge in [0.05, 0.1) is 23.5 Å². The van der Waals surface area contributed by atoms with Crippen molar-refractivity contribution in [2.45, 2.75) is 19.9 Å². The molecule has 2 aromatic rings. The molecule has 1 unspecified atom stereocenters. The molecular formula is C16H17N3O. The minimum Gasteiger partial charge on any atom is -0.491 e. The number of nitrogens with one attached hydrogen (secondary N) is 1. The maximum absolute atomic E-state index is 9.02. The van der Waals surface area contributed by atoms with Crippen LogP contribution in [0.5, 0.6) is 5.75 Å². The van der Waals surface area contributed by atoms with Crippen molar-refractivity contribution < 1.29 is 4.74 Å².